The van der Waals surface area contributed by atoms with Crippen molar-refractivity contribution >= 4 is 27.0 Å². The van der Waals surface area contributed by atoms with E-state index in [9.17, 15) is 13.2 Å². The minimum absolute atomic E-state index is 0.000760. The second kappa shape index (κ2) is 11.2. The molecule has 0 atom stereocenters. The fourth-order valence-corrected chi connectivity index (χ4v) is 5.22. The molecule has 0 saturated carbocycles. The van der Waals surface area contributed by atoms with Gasteiger partial charge in [-0.25, -0.2) is 17.9 Å². The molecule has 0 amide bonds. The highest BCUT2D eigenvalue weighted by molar-refractivity contribution is 7.89. The topological polar surface area (TPSA) is 106 Å². The van der Waals surface area contributed by atoms with Crippen LogP contribution in [0.1, 0.15) is 29.0 Å². The SMILES string of the molecule is O=C(O)COc1cccc2c(CCNS(=O)(=O)CCC(c3ccccc3)c3ccccc3)coc12. The molecule has 4 rings (SSSR count). The smallest absolute Gasteiger partial charge is 0.341 e. The normalized spacial score (nSPS) is 11.7. The minimum Gasteiger partial charge on any atom is -0.479 e. The fraction of sp³-hybridized carbons (Fsp3) is 0.222. The number of sulfonamides is 1. The van der Waals surface area contributed by atoms with Crippen LogP contribution < -0.4 is 9.46 Å². The monoisotopic (exact) mass is 493 g/mol. The lowest BCUT2D eigenvalue weighted by Gasteiger charge is -2.18. The average Bonchev–Trinajstić information content (AvgIpc) is 3.27. The van der Waals surface area contributed by atoms with E-state index in [1.54, 1.807) is 18.4 Å². The Bertz CT molecular complexity index is 1330. The van der Waals surface area contributed by atoms with Crippen LogP contribution in [0.3, 0.4) is 0 Å². The van der Waals surface area contributed by atoms with Gasteiger partial charge >= 0.3 is 5.97 Å². The summed E-state index contributed by atoms with van der Waals surface area (Å²) in [5.41, 5.74) is 3.43. The molecule has 0 aliphatic carbocycles. The van der Waals surface area contributed by atoms with Crippen LogP contribution in [0.5, 0.6) is 5.75 Å². The van der Waals surface area contributed by atoms with Gasteiger partial charge in [-0.3, -0.25) is 0 Å². The molecular formula is C27H27NO6S. The molecule has 0 aliphatic rings. The molecule has 0 saturated heterocycles. The van der Waals surface area contributed by atoms with Gasteiger partial charge in [0.15, 0.2) is 17.9 Å². The van der Waals surface area contributed by atoms with Gasteiger partial charge in [0.25, 0.3) is 0 Å². The Morgan fingerprint density at radius 2 is 1.60 bits per heavy atom. The number of benzene rings is 3. The van der Waals surface area contributed by atoms with Crippen molar-refractivity contribution in [1.82, 2.24) is 4.72 Å². The molecule has 3 aromatic carbocycles. The highest BCUT2D eigenvalue weighted by Gasteiger charge is 2.19. The minimum atomic E-state index is -3.50. The Kier molecular flexibility index (Phi) is 7.84. The van der Waals surface area contributed by atoms with Gasteiger partial charge in [-0.1, -0.05) is 72.8 Å². The van der Waals surface area contributed by atoms with E-state index in [1.165, 1.54) is 0 Å². The summed E-state index contributed by atoms with van der Waals surface area (Å²) in [4.78, 5) is 10.8. The van der Waals surface area contributed by atoms with Crippen LogP contribution in [0, 0.1) is 0 Å². The Morgan fingerprint density at radius 1 is 0.943 bits per heavy atom. The molecule has 2 N–H and O–H groups in total. The van der Waals surface area contributed by atoms with E-state index in [4.69, 9.17) is 14.3 Å². The maximum absolute atomic E-state index is 12.8. The predicted octanol–water partition coefficient (Wildman–Crippen LogP) is 4.58. The second-order valence-electron chi connectivity index (χ2n) is 8.20. The van der Waals surface area contributed by atoms with Crippen molar-refractivity contribution in [3.63, 3.8) is 0 Å². The number of carbonyl (C=O) groups is 1. The number of ether oxygens (including phenoxy) is 1. The van der Waals surface area contributed by atoms with Crippen molar-refractivity contribution in [3.05, 3.63) is 102 Å². The molecule has 35 heavy (non-hydrogen) atoms. The average molecular weight is 494 g/mol. The van der Waals surface area contributed by atoms with Crippen LogP contribution in [0.15, 0.2) is 89.5 Å². The lowest BCUT2D eigenvalue weighted by atomic mass is 9.89. The number of hydrogen-bond donors (Lipinski definition) is 2. The van der Waals surface area contributed by atoms with E-state index >= 15 is 0 Å². The van der Waals surface area contributed by atoms with Crippen molar-refractivity contribution < 1.29 is 27.5 Å². The molecule has 1 aromatic heterocycles. The van der Waals surface area contributed by atoms with Crippen molar-refractivity contribution in [1.29, 1.82) is 0 Å². The van der Waals surface area contributed by atoms with Gasteiger partial charge in [0.1, 0.15) is 0 Å². The van der Waals surface area contributed by atoms with Gasteiger partial charge < -0.3 is 14.3 Å². The molecule has 4 aromatic rings. The summed E-state index contributed by atoms with van der Waals surface area (Å²) in [6.07, 6.45) is 2.44. The molecule has 0 fully saturated rings. The molecule has 0 radical (unpaired) electrons. The molecule has 0 aliphatic heterocycles. The highest BCUT2D eigenvalue weighted by Crippen LogP contribution is 2.30. The maximum Gasteiger partial charge on any atom is 0.341 e. The maximum atomic E-state index is 12.8. The number of hydrogen-bond acceptors (Lipinski definition) is 5. The largest absolute Gasteiger partial charge is 0.479 e. The molecule has 182 valence electrons. The van der Waals surface area contributed by atoms with Gasteiger partial charge in [-0.15, -0.1) is 0 Å². The summed E-state index contributed by atoms with van der Waals surface area (Å²) in [6.45, 7) is -0.250. The van der Waals surface area contributed by atoms with Crippen LogP contribution in [-0.2, 0) is 21.2 Å². The zero-order valence-electron chi connectivity index (χ0n) is 19.1. The van der Waals surface area contributed by atoms with Gasteiger partial charge in [0.2, 0.25) is 10.0 Å². The molecular weight excluding hydrogens is 466 g/mol. The van der Waals surface area contributed by atoms with Crippen molar-refractivity contribution in [3.8, 4) is 5.75 Å². The number of aliphatic carboxylic acids is 1. The second-order valence-corrected chi connectivity index (χ2v) is 10.1. The molecule has 8 heteroatoms. The summed E-state index contributed by atoms with van der Waals surface area (Å²) < 4.78 is 39.1. The van der Waals surface area contributed by atoms with Crippen LogP contribution in [0.4, 0.5) is 0 Å². The first-order valence-corrected chi connectivity index (χ1v) is 13.0. The molecule has 7 nitrogen and oxygen atoms in total. The Labute approximate surface area is 204 Å². The first-order valence-electron chi connectivity index (χ1n) is 11.3. The number of fused-ring (bicyclic) bond motifs is 1. The van der Waals surface area contributed by atoms with Gasteiger partial charge in [0.05, 0.1) is 12.0 Å². The standard InChI is InChI=1S/C27H27NO6S/c29-26(30)19-33-25-13-7-12-24-22(18-34-27(24)25)14-16-28-35(31,32)17-15-23(20-8-3-1-4-9-20)21-10-5-2-6-11-21/h1-13,18,23,28H,14-17,19H2,(H,29,30). The lowest BCUT2D eigenvalue weighted by Crippen LogP contribution is -2.29. The Balaban J connectivity index is 1.38. The van der Waals surface area contributed by atoms with E-state index in [0.29, 0.717) is 24.2 Å². The van der Waals surface area contributed by atoms with E-state index in [1.807, 2.05) is 66.7 Å². The van der Waals surface area contributed by atoms with Gasteiger partial charge in [-0.05, 0) is 35.6 Å². The first kappa shape index (κ1) is 24.5. The van der Waals surface area contributed by atoms with Crippen molar-refractivity contribution in [2.45, 2.75) is 18.8 Å². The fourth-order valence-electron chi connectivity index (χ4n) is 4.11. The molecule has 0 spiro atoms. The number of para-hydroxylation sites is 1. The van der Waals surface area contributed by atoms with Crippen LogP contribution >= 0.6 is 0 Å². The molecule has 0 unspecified atom stereocenters. The number of carboxylic acids is 1. The summed E-state index contributed by atoms with van der Waals surface area (Å²) in [5, 5.41) is 9.60. The van der Waals surface area contributed by atoms with E-state index in [2.05, 4.69) is 4.72 Å². The van der Waals surface area contributed by atoms with Gasteiger partial charge in [-0.2, -0.15) is 0 Å². The Morgan fingerprint density at radius 3 is 2.23 bits per heavy atom. The van der Waals surface area contributed by atoms with Crippen LogP contribution in [0.2, 0.25) is 0 Å². The predicted molar refractivity (Wildman–Crippen MR) is 134 cm³/mol. The third-order valence-electron chi connectivity index (χ3n) is 5.79. The number of rotatable bonds is 12. The number of furan rings is 1. The van der Waals surface area contributed by atoms with E-state index in [0.717, 1.165) is 22.1 Å². The zero-order chi connectivity index (χ0) is 24.7. The van der Waals surface area contributed by atoms with Crippen LogP contribution in [-0.4, -0.2) is 38.4 Å². The Hall–Kier alpha value is -3.62. The first-order chi connectivity index (χ1) is 16.9. The van der Waals surface area contributed by atoms with E-state index in [-0.39, 0.29) is 18.2 Å². The summed E-state index contributed by atoms with van der Waals surface area (Å²) in [6, 6.07) is 25.1. The third-order valence-corrected chi connectivity index (χ3v) is 7.21. The van der Waals surface area contributed by atoms with Gasteiger partial charge in [0, 0.05) is 17.8 Å². The van der Waals surface area contributed by atoms with Crippen LogP contribution in [0.25, 0.3) is 11.0 Å². The third kappa shape index (κ3) is 6.49. The summed E-state index contributed by atoms with van der Waals surface area (Å²) >= 11 is 0. The van der Waals surface area contributed by atoms with E-state index < -0.39 is 22.6 Å². The number of nitrogens with one attached hydrogen (secondary N) is 1. The lowest BCUT2D eigenvalue weighted by molar-refractivity contribution is -0.139. The highest BCUT2D eigenvalue weighted by atomic mass is 32.2. The molecule has 1 heterocycles. The summed E-state index contributed by atoms with van der Waals surface area (Å²) in [7, 11) is -3.50. The number of carboxylic acid groups (broad SMARTS) is 1. The molecule has 0 bridgehead atoms. The van der Waals surface area contributed by atoms with Crippen molar-refractivity contribution in [2.24, 2.45) is 0 Å². The summed E-state index contributed by atoms with van der Waals surface area (Å²) in [5.74, 6) is -0.758. The van der Waals surface area contributed by atoms with Crippen molar-refractivity contribution in [2.75, 3.05) is 18.9 Å². The zero-order valence-corrected chi connectivity index (χ0v) is 19.9. The quantitative estimate of drug-likeness (QED) is 0.299.